The van der Waals surface area contributed by atoms with Crippen molar-refractivity contribution in [3.8, 4) is 0 Å². The highest BCUT2D eigenvalue weighted by Gasteiger charge is 2.60. The Morgan fingerprint density at radius 2 is 1.58 bits per heavy atom. The zero-order chi connectivity index (χ0) is 17.0. The first-order valence-corrected chi connectivity index (χ1v) is 7.48. The van der Waals surface area contributed by atoms with Crippen LogP contribution in [0, 0.1) is 11.8 Å². The van der Waals surface area contributed by atoms with Gasteiger partial charge in [0.25, 0.3) is 0 Å². The molecule has 24 heavy (non-hydrogen) atoms. The minimum atomic E-state index is -0.705. The van der Waals surface area contributed by atoms with E-state index in [9.17, 15) is 14.4 Å². The Morgan fingerprint density at radius 3 is 2.12 bits per heavy atom. The highest BCUT2D eigenvalue weighted by Crippen LogP contribution is 2.44. The van der Waals surface area contributed by atoms with Crippen molar-refractivity contribution < 1.29 is 23.9 Å². The predicted octanol–water partition coefficient (Wildman–Crippen LogP) is -0.0963. The van der Waals surface area contributed by atoms with Crippen LogP contribution < -0.4 is 11.5 Å². The lowest BCUT2D eigenvalue weighted by Crippen LogP contribution is -2.37. The average molecular weight is 329 g/mol. The minimum absolute atomic E-state index is 0.164. The molecule has 1 aromatic carbocycles. The molecule has 0 aliphatic carbocycles. The highest BCUT2D eigenvalue weighted by atomic mass is 16.5. The quantitative estimate of drug-likeness (QED) is 0.343. The van der Waals surface area contributed by atoms with E-state index in [0.717, 1.165) is 4.90 Å². The Morgan fingerprint density at radius 1 is 1.04 bits per heavy atom. The van der Waals surface area contributed by atoms with Crippen LogP contribution in [0.2, 0.25) is 0 Å². The van der Waals surface area contributed by atoms with Gasteiger partial charge in [0, 0.05) is 11.4 Å². The molecule has 0 radical (unpaired) electrons. The molecule has 4 rings (SSSR count). The van der Waals surface area contributed by atoms with Crippen molar-refractivity contribution in [3.05, 3.63) is 35.9 Å². The van der Waals surface area contributed by atoms with E-state index in [1.54, 1.807) is 12.2 Å². The summed E-state index contributed by atoms with van der Waals surface area (Å²) in [4.78, 5) is 37.9. The first kappa shape index (κ1) is 14.7. The number of nitrogen functional groups attached to an aromatic ring is 2. The molecule has 3 heterocycles. The number of hydrogen-bond donors (Lipinski definition) is 2. The zero-order valence-corrected chi connectivity index (χ0v) is 12.5. The van der Waals surface area contributed by atoms with E-state index in [4.69, 9.17) is 20.9 Å². The van der Waals surface area contributed by atoms with Gasteiger partial charge < -0.3 is 20.9 Å². The van der Waals surface area contributed by atoms with Crippen LogP contribution >= 0.6 is 0 Å². The smallest absolute Gasteiger partial charge is 0.340 e. The maximum atomic E-state index is 12.4. The molecule has 0 aromatic heterocycles. The van der Waals surface area contributed by atoms with Gasteiger partial charge in [0.2, 0.25) is 11.8 Å². The number of likely N-dealkylation sites (tertiary alicyclic amines) is 1. The van der Waals surface area contributed by atoms with E-state index in [1.807, 2.05) is 0 Å². The molecule has 8 nitrogen and oxygen atoms in total. The van der Waals surface area contributed by atoms with Crippen molar-refractivity contribution in [3.63, 3.8) is 0 Å². The Balaban J connectivity index is 1.46. The maximum absolute atomic E-state index is 12.4. The lowest BCUT2D eigenvalue weighted by atomic mass is 9.85. The summed E-state index contributed by atoms with van der Waals surface area (Å²) in [5, 5.41) is 0. The molecular formula is C16H15N3O5. The van der Waals surface area contributed by atoms with Crippen molar-refractivity contribution in [2.24, 2.45) is 11.8 Å². The number of benzene rings is 1. The topological polar surface area (TPSA) is 125 Å². The van der Waals surface area contributed by atoms with E-state index in [1.165, 1.54) is 18.2 Å². The maximum Gasteiger partial charge on any atom is 0.340 e. The predicted molar refractivity (Wildman–Crippen MR) is 82.2 cm³/mol. The van der Waals surface area contributed by atoms with Gasteiger partial charge in [0.15, 0.2) is 6.73 Å². The van der Waals surface area contributed by atoms with Crippen LogP contribution in [-0.4, -0.2) is 41.6 Å². The van der Waals surface area contributed by atoms with E-state index < -0.39 is 24.5 Å². The number of rotatable bonds is 3. The number of imide groups is 1. The number of amides is 2. The summed E-state index contributed by atoms with van der Waals surface area (Å²) in [6, 6.07) is 4.34. The Kier molecular flexibility index (Phi) is 3.10. The minimum Gasteiger partial charge on any atom is -0.440 e. The van der Waals surface area contributed by atoms with Crippen LogP contribution in [-0.2, 0) is 19.1 Å². The SMILES string of the molecule is Nc1cc(N)cc(C(=O)OCN2C(=O)C3C4C=CC(O4)C3C2=O)c1. The summed E-state index contributed by atoms with van der Waals surface area (Å²) in [6.07, 6.45) is 2.85. The number of anilines is 2. The van der Waals surface area contributed by atoms with Gasteiger partial charge in [-0.05, 0) is 18.2 Å². The second-order valence-corrected chi connectivity index (χ2v) is 6.06. The van der Waals surface area contributed by atoms with Crippen LogP contribution in [0.15, 0.2) is 30.4 Å². The van der Waals surface area contributed by atoms with Gasteiger partial charge in [-0.15, -0.1) is 0 Å². The van der Waals surface area contributed by atoms with E-state index in [-0.39, 0.29) is 29.6 Å². The second kappa shape index (κ2) is 5.07. The summed E-state index contributed by atoms with van der Waals surface area (Å²) in [6.45, 7) is -0.433. The van der Waals surface area contributed by atoms with Crippen molar-refractivity contribution in [1.29, 1.82) is 0 Å². The van der Waals surface area contributed by atoms with Crippen molar-refractivity contribution in [1.82, 2.24) is 4.90 Å². The molecular weight excluding hydrogens is 314 g/mol. The molecule has 1 aromatic rings. The van der Waals surface area contributed by atoms with Crippen LogP contribution in [0.5, 0.6) is 0 Å². The van der Waals surface area contributed by atoms with E-state index >= 15 is 0 Å². The second-order valence-electron chi connectivity index (χ2n) is 6.06. The zero-order valence-electron chi connectivity index (χ0n) is 12.5. The fourth-order valence-electron chi connectivity index (χ4n) is 3.49. The lowest BCUT2D eigenvalue weighted by molar-refractivity contribution is -0.146. The van der Waals surface area contributed by atoms with Gasteiger partial charge in [-0.25, -0.2) is 9.69 Å². The Labute approximate surface area is 137 Å². The number of carbonyl (C=O) groups is 3. The molecule has 3 aliphatic heterocycles. The normalized spacial score (nSPS) is 30.1. The summed E-state index contributed by atoms with van der Waals surface area (Å²) < 4.78 is 10.6. The van der Waals surface area contributed by atoms with Gasteiger partial charge in [0.05, 0.1) is 29.6 Å². The van der Waals surface area contributed by atoms with Crippen molar-refractivity contribution in [2.45, 2.75) is 12.2 Å². The van der Waals surface area contributed by atoms with Crippen LogP contribution in [0.3, 0.4) is 0 Å². The number of hydrogen-bond acceptors (Lipinski definition) is 7. The average Bonchev–Trinajstić information content (AvgIpc) is 3.19. The standard InChI is InChI=1S/C16H15N3O5/c17-8-3-7(4-9(18)5-8)16(22)23-6-19-14(20)12-10-1-2-11(24-10)13(12)15(19)21/h1-5,10-13H,6,17-18H2. The van der Waals surface area contributed by atoms with Crippen LogP contribution in [0.25, 0.3) is 0 Å². The fourth-order valence-corrected chi connectivity index (χ4v) is 3.49. The molecule has 0 spiro atoms. The lowest BCUT2D eigenvalue weighted by Gasteiger charge is -2.17. The number of ether oxygens (including phenoxy) is 2. The first-order valence-electron chi connectivity index (χ1n) is 7.48. The fraction of sp³-hybridized carbons (Fsp3) is 0.312. The molecule has 3 aliphatic rings. The molecule has 2 amide bonds. The molecule has 0 saturated carbocycles. The molecule has 4 unspecified atom stereocenters. The number of nitrogens with two attached hydrogens (primary N) is 2. The molecule has 8 heteroatoms. The largest absolute Gasteiger partial charge is 0.440 e. The first-order chi connectivity index (χ1) is 11.5. The Bertz CT molecular complexity index is 740. The number of fused-ring (bicyclic) bond motifs is 5. The summed E-state index contributed by atoms with van der Waals surface area (Å²) in [5.41, 5.74) is 12.1. The molecule has 2 saturated heterocycles. The molecule has 2 bridgehead atoms. The number of carbonyl (C=O) groups excluding carboxylic acids is 3. The number of nitrogens with zero attached hydrogens (tertiary/aromatic N) is 1. The third-order valence-corrected chi connectivity index (χ3v) is 4.54. The molecule has 2 fully saturated rings. The molecule has 124 valence electrons. The summed E-state index contributed by atoms with van der Waals surface area (Å²) >= 11 is 0. The van der Waals surface area contributed by atoms with E-state index in [0.29, 0.717) is 11.4 Å². The number of esters is 1. The third-order valence-electron chi connectivity index (χ3n) is 4.54. The molecule has 4 N–H and O–H groups in total. The van der Waals surface area contributed by atoms with Crippen LogP contribution in [0.4, 0.5) is 11.4 Å². The van der Waals surface area contributed by atoms with Gasteiger partial charge >= 0.3 is 5.97 Å². The molecule has 4 atom stereocenters. The third kappa shape index (κ3) is 2.07. The summed E-state index contributed by atoms with van der Waals surface area (Å²) in [5.74, 6) is -2.49. The highest BCUT2D eigenvalue weighted by molar-refractivity contribution is 6.06. The Hall–Kier alpha value is -2.87. The van der Waals surface area contributed by atoms with E-state index in [2.05, 4.69) is 0 Å². The van der Waals surface area contributed by atoms with Gasteiger partial charge in [-0.1, -0.05) is 12.2 Å². The van der Waals surface area contributed by atoms with Crippen molar-refractivity contribution in [2.75, 3.05) is 18.2 Å². The van der Waals surface area contributed by atoms with Crippen LogP contribution in [0.1, 0.15) is 10.4 Å². The van der Waals surface area contributed by atoms with Gasteiger partial charge in [-0.3, -0.25) is 9.59 Å². The van der Waals surface area contributed by atoms with Crippen molar-refractivity contribution >= 4 is 29.2 Å². The van der Waals surface area contributed by atoms with Gasteiger partial charge in [-0.2, -0.15) is 0 Å². The van der Waals surface area contributed by atoms with Gasteiger partial charge in [0.1, 0.15) is 0 Å². The monoisotopic (exact) mass is 329 g/mol. The summed E-state index contributed by atoms with van der Waals surface area (Å²) in [7, 11) is 0.